The second-order valence-electron chi connectivity index (χ2n) is 4.28. The van der Waals surface area contributed by atoms with Gasteiger partial charge in [0.1, 0.15) is 5.82 Å². The minimum absolute atomic E-state index is 0.0264. The summed E-state index contributed by atoms with van der Waals surface area (Å²) in [6.07, 6.45) is 0.0264. The molecule has 19 heavy (non-hydrogen) atoms. The number of carbonyl (C=O) groups excluding carboxylic acids is 1. The summed E-state index contributed by atoms with van der Waals surface area (Å²) >= 11 is 3.35. The molecule has 0 atom stereocenters. The average molecular weight is 322 g/mol. The molecule has 2 rings (SSSR count). The van der Waals surface area contributed by atoms with Gasteiger partial charge in [-0.15, -0.1) is 0 Å². The van der Waals surface area contributed by atoms with Gasteiger partial charge in [-0.2, -0.15) is 0 Å². The Balaban J connectivity index is 2.10. The molecule has 2 nitrogen and oxygen atoms in total. The maximum atomic E-state index is 13.4. The van der Waals surface area contributed by atoms with E-state index in [0.717, 1.165) is 15.7 Å². The van der Waals surface area contributed by atoms with Gasteiger partial charge in [0.2, 0.25) is 5.91 Å². The lowest BCUT2D eigenvalue weighted by Crippen LogP contribution is -2.15. The van der Waals surface area contributed by atoms with E-state index in [9.17, 15) is 9.18 Å². The highest BCUT2D eigenvalue weighted by Gasteiger charge is 2.09. The first-order valence-corrected chi connectivity index (χ1v) is 6.65. The Hall–Kier alpha value is -1.68. The maximum absolute atomic E-state index is 13.4. The number of nitrogens with one attached hydrogen (secondary N) is 1. The minimum Gasteiger partial charge on any atom is -0.326 e. The first-order chi connectivity index (χ1) is 9.06. The Morgan fingerprint density at radius 1 is 1.26 bits per heavy atom. The van der Waals surface area contributed by atoms with E-state index >= 15 is 0 Å². The Bertz CT molecular complexity index is 613. The Kier molecular flexibility index (Phi) is 4.32. The maximum Gasteiger partial charge on any atom is 0.228 e. The molecule has 4 heteroatoms. The highest BCUT2D eigenvalue weighted by atomic mass is 79.9. The number of amides is 1. The van der Waals surface area contributed by atoms with Crippen molar-refractivity contribution in [2.24, 2.45) is 0 Å². The van der Waals surface area contributed by atoms with Crippen molar-refractivity contribution >= 4 is 27.5 Å². The zero-order valence-electron chi connectivity index (χ0n) is 10.4. The molecule has 98 valence electrons. The highest BCUT2D eigenvalue weighted by molar-refractivity contribution is 9.10. The average Bonchev–Trinajstić information content (AvgIpc) is 2.37. The molecule has 1 N–H and O–H groups in total. The fourth-order valence-electron chi connectivity index (χ4n) is 1.74. The SMILES string of the molecule is Cc1ccc(Br)cc1NC(=O)Cc1ccccc1F. The summed E-state index contributed by atoms with van der Waals surface area (Å²) in [5, 5.41) is 2.79. The normalized spacial score (nSPS) is 10.3. The van der Waals surface area contributed by atoms with Crippen LogP contribution in [-0.2, 0) is 11.2 Å². The number of hydrogen-bond donors (Lipinski definition) is 1. The van der Waals surface area contributed by atoms with E-state index in [0.29, 0.717) is 5.56 Å². The first kappa shape index (κ1) is 13.7. The van der Waals surface area contributed by atoms with Crippen LogP contribution >= 0.6 is 15.9 Å². The Morgan fingerprint density at radius 2 is 2.00 bits per heavy atom. The number of hydrogen-bond acceptors (Lipinski definition) is 1. The van der Waals surface area contributed by atoms with Gasteiger partial charge < -0.3 is 5.32 Å². The van der Waals surface area contributed by atoms with Crippen molar-refractivity contribution in [3.05, 3.63) is 63.9 Å². The zero-order valence-corrected chi connectivity index (χ0v) is 12.0. The molecule has 0 radical (unpaired) electrons. The predicted octanol–water partition coefficient (Wildman–Crippen LogP) is 4.08. The molecule has 0 spiro atoms. The van der Waals surface area contributed by atoms with Gasteiger partial charge in [0.25, 0.3) is 0 Å². The van der Waals surface area contributed by atoms with E-state index in [4.69, 9.17) is 0 Å². The topological polar surface area (TPSA) is 29.1 Å². The molecule has 0 aliphatic rings. The standard InChI is InChI=1S/C15H13BrFNO/c1-10-6-7-12(16)9-14(10)18-15(19)8-11-4-2-3-5-13(11)17/h2-7,9H,8H2,1H3,(H,18,19). The number of aryl methyl sites for hydroxylation is 1. The molecular formula is C15H13BrFNO. The molecule has 0 heterocycles. The highest BCUT2D eigenvalue weighted by Crippen LogP contribution is 2.21. The second-order valence-corrected chi connectivity index (χ2v) is 5.19. The monoisotopic (exact) mass is 321 g/mol. The number of benzene rings is 2. The third kappa shape index (κ3) is 3.64. The number of anilines is 1. The molecule has 2 aromatic rings. The molecular weight excluding hydrogens is 309 g/mol. The van der Waals surface area contributed by atoms with E-state index in [1.807, 2.05) is 25.1 Å². The fraction of sp³-hybridized carbons (Fsp3) is 0.133. The van der Waals surface area contributed by atoms with Gasteiger partial charge in [-0.3, -0.25) is 4.79 Å². The third-order valence-electron chi connectivity index (χ3n) is 2.78. The lowest BCUT2D eigenvalue weighted by molar-refractivity contribution is -0.115. The van der Waals surface area contributed by atoms with Crippen molar-refractivity contribution < 1.29 is 9.18 Å². The van der Waals surface area contributed by atoms with Crippen LogP contribution in [0.4, 0.5) is 10.1 Å². The van der Waals surface area contributed by atoms with Crippen LogP contribution in [0.3, 0.4) is 0 Å². The van der Waals surface area contributed by atoms with Crippen LogP contribution in [0, 0.1) is 12.7 Å². The van der Waals surface area contributed by atoms with Crippen molar-refractivity contribution in [2.45, 2.75) is 13.3 Å². The largest absolute Gasteiger partial charge is 0.326 e. The van der Waals surface area contributed by atoms with E-state index in [1.165, 1.54) is 6.07 Å². The van der Waals surface area contributed by atoms with Crippen molar-refractivity contribution in [3.63, 3.8) is 0 Å². The summed E-state index contributed by atoms with van der Waals surface area (Å²) in [5.74, 6) is -0.588. The predicted molar refractivity (Wildman–Crippen MR) is 77.6 cm³/mol. The summed E-state index contributed by atoms with van der Waals surface area (Å²) < 4.78 is 14.3. The molecule has 2 aromatic carbocycles. The molecule has 1 amide bonds. The van der Waals surface area contributed by atoms with Crippen LogP contribution in [0.15, 0.2) is 46.9 Å². The quantitative estimate of drug-likeness (QED) is 0.906. The fourth-order valence-corrected chi connectivity index (χ4v) is 2.10. The van der Waals surface area contributed by atoms with E-state index < -0.39 is 0 Å². The van der Waals surface area contributed by atoms with Gasteiger partial charge in [-0.25, -0.2) is 4.39 Å². The number of rotatable bonds is 3. The van der Waals surface area contributed by atoms with E-state index in [2.05, 4.69) is 21.2 Å². The molecule has 0 aromatic heterocycles. The van der Waals surface area contributed by atoms with E-state index in [1.54, 1.807) is 18.2 Å². The summed E-state index contributed by atoms with van der Waals surface area (Å²) in [4.78, 5) is 11.9. The minimum atomic E-state index is -0.358. The summed E-state index contributed by atoms with van der Waals surface area (Å²) in [5.41, 5.74) is 2.09. The number of halogens is 2. The summed E-state index contributed by atoms with van der Waals surface area (Å²) in [7, 11) is 0. The van der Waals surface area contributed by atoms with Crippen molar-refractivity contribution in [2.75, 3.05) is 5.32 Å². The van der Waals surface area contributed by atoms with Gasteiger partial charge in [0.05, 0.1) is 6.42 Å². The lowest BCUT2D eigenvalue weighted by Gasteiger charge is -2.09. The van der Waals surface area contributed by atoms with Crippen molar-refractivity contribution in [3.8, 4) is 0 Å². The smallest absolute Gasteiger partial charge is 0.228 e. The second kappa shape index (κ2) is 5.97. The van der Waals surface area contributed by atoms with E-state index in [-0.39, 0.29) is 18.1 Å². The molecule has 0 saturated carbocycles. The number of carbonyl (C=O) groups is 1. The van der Waals surface area contributed by atoms with Crippen LogP contribution in [0.25, 0.3) is 0 Å². The summed E-state index contributed by atoms with van der Waals surface area (Å²) in [6, 6.07) is 11.9. The lowest BCUT2D eigenvalue weighted by atomic mass is 10.1. The van der Waals surface area contributed by atoms with Crippen molar-refractivity contribution in [1.29, 1.82) is 0 Å². The van der Waals surface area contributed by atoms with Gasteiger partial charge in [-0.05, 0) is 36.2 Å². The molecule has 0 fully saturated rings. The van der Waals surface area contributed by atoms with Gasteiger partial charge in [-0.1, -0.05) is 40.2 Å². The Labute approximate surface area is 119 Å². The summed E-state index contributed by atoms with van der Waals surface area (Å²) in [6.45, 7) is 1.91. The van der Waals surface area contributed by atoms with Gasteiger partial charge >= 0.3 is 0 Å². The Morgan fingerprint density at radius 3 is 2.74 bits per heavy atom. The molecule has 0 unspecified atom stereocenters. The molecule has 0 aliphatic heterocycles. The molecule has 0 bridgehead atoms. The van der Waals surface area contributed by atoms with Gasteiger partial charge in [0, 0.05) is 10.2 Å². The molecule has 0 saturated heterocycles. The van der Waals surface area contributed by atoms with Crippen LogP contribution in [-0.4, -0.2) is 5.91 Å². The van der Waals surface area contributed by atoms with Crippen LogP contribution in [0.5, 0.6) is 0 Å². The zero-order chi connectivity index (χ0) is 13.8. The van der Waals surface area contributed by atoms with Crippen LogP contribution in [0.1, 0.15) is 11.1 Å². The van der Waals surface area contributed by atoms with Gasteiger partial charge in [0.15, 0.2) is 0 Å². The first-order valence-electron chi connectivity index (χ1n) is 5.85. The third-order valence-corrected chi connectivity index (χ3v) is 3.28. The van der Waals surface area contributed by atoms with Crippen molar-refractivity contribution in [1.82, 2.24) is 0 Å². The van der Waals surface area contributed by atoms with Crippen LogP contribution in [0.2, 0.25) is 0 Å². The van der Waals surface area contributed by atoms with Crippen LogP contribution < -0.4 is 5.32 Å². The molecule has 0 aliphatic carbocycles.